The Morgan fingerprint density at radius 3 is 2.47 bits per heavy atom. The number of carbonyl (C=O) groups excluding carboxylic acids is 2. The smallest absolute Gasteiger partial charge is 0.259 e. The number of phenolic OH excluding ortho intramolecular Hbond substituents is 1. The lowest BCUT2D eigenvalue weighted by Gasteiger charge is -2.15. The molecule has 0 saturated heterocycles. The van der Waals surface area contributed by atoms with Gasteiger partial charge in [0.1, 0.15) is 17.4 Å². The molecule has 0 unspecified atom stereocenters. The maximum absolute atomic E-state index is 12.8. The number of pyridine rings is 1. The van der Waals surface area contributed by atoms with Gasteiger partial charge in [0.05, 0.1) is 22.8 Å². The third-order valence-electron chi connectivity index (χ3n) is 4.96. The molecule has 0 bridgehead atoms. The van der Waals surface area contributed by atoms with Crippen molar-refractivity contribution in [2.75, 3.05) is 30.8 Å². The molecular formula is C23H20ClN5O3. The highest BCUT2D eigenvalue weighted by Gasteiger charge is 2.19. The van der Waals surface area contributed by atoms with Crippen LogP contribution in [0.25, 0.3) is 0 Å². The summed E-state index contributed by atoms with van der Waals surface area (Å²) in [6.45, 7) is 1.61. The van der Waals surface area contributed by atoms with Crippen LogP contribution in [0.3, 0.4) is 0 Å². The Morgan fingerprint density at radius 1 is 1.03 bits per heavy atom. The molecule has 32 heavy (non-hydrogen) atoms. The van der Waals surface area contributed by atoms with Gasteiger partial charge in [-0.2, -0.15) is 0 Å². The first kappa shape index (κ1) is 21.3. The fourth-order valence-electron chi connectivity index (χ4n) is 3.29. The molecule has 2 heterocycles. The van der Waals surface area contributed by atoms with E-state index in [0.717, 1.165) is 24.5 Å². The first-order chi connectivity index (χ1) is 15.4. The van der Waals surface area contributed by atoms with Gasteiger partial charge in [-0.05, 0) is 36.4 Å². The van der Waals surface area contributed by atoms with Crippen molar-refractivity contribution in [1.82, 2.24) is 9.88 Å². The van der Waals surface area contributed by atoms with E-state index in [9.17, 15) is 14.7 Å². The van der Waals surface area contributed by atoms with Gasteiger partial charge in [-0.1, -0.05) is 29.8 Å². The lowest BCUT2D eigenvalue weighted by molar-refractivity contribution is 0.102. The van der Waals surface area contributed by atoms with Crippen molar-refractivity contribution in [2.45, 2.75) is 0 Å². The van der Waals surface area contributed by atoms with Gasteiger partial charge in [-0.25, -0.2) is 4.98 Å². The van der Waals surface area contributed by atoms with Crippen LogP contribution in [-0.2, 0) is 0 Å². The van der Waals surface area contributed by atoms with Crippen molar-refractivity contribution in [3.63, 3.8) is 0 Å². The van der Waals surface area contributed by atoms with E-state index in [2.05, 4.69) is 25.5 Å². The predicted molar refractivity (Wildman–Crippen MR) is 124 cm³/mol. The number of hydrogen-bond donors (Lipinski definition) is 3. The zero-order chi connectivity index (χ0) is 22.7. The Kier molecular flexibility index (Phi) is 6.04. The van der Waals surface area contributed by atoms with Crippen molar-refractivity contribution in [3.8, 4) is 5.75 Å². The van der Waals surface area contributed by atoms with Crippen LogP contribution in [0.4, 0.5) is 11.5 Å². The van der Waals surface area contributed by atoms with Crippen LogP contribution in [0.5, 0.6) is 5.75 Å². The number of likely N-dealkylation sites (N-methyl/N-ethyl adjacent to an activating group) is 1. The molecule has 0 aliphatic carbocycles. The second kappa shape index (κ2) is 9.07. The van der Waals surface area contributed by atoms with Crippen molar-refractivity contribution >= 4 is 40.8 Å². The van der Waals surface area contributed by atoms with E-state index in [1.165, 1.54) is 24.4 Å². The second-order valence-corrected chi connectivity index (χ2v) is 7.61. The number of aliphatic imine (C=N–C) groups is 1. The summed E-state index contributed by atoms with van der Waals surface area (Å²) >= 11 is 5.82. The molecule has 9 heteroatoms. The quantitative estimate of drug-likeness (QED) is 0.515. The Balaban J connectivity index is 1.53. The van der Waals surface area contributed by atoms with Gasteiger partial charge >= 0.3 is 0 Å². The zero-order valence-corrected chi connectivity index (χ0v) is 17.9. The van der Waals surface area contributed by atoms with Crippen LogP contribution < -0.4 is 10.6 Å². The number of aromatic nitrogens is 1. The molecule has 0 atom stereocenters. The third-order valence-corrected chi connectivity index (χ3v) is 5.18. The van der Waals surface area contributed by atoms with E-state index in [0.29, 0.717) is 10.6 Å². The fraction of sp³-hybridized carbons (Fsp3) is 0.130. The van der Waals surface area contributed by atoms with Crippen molar-refractivity contribution < 1.29 is 14.7 Å². The highest BCUT2D eigenvalue weighted by molar-refractivity contribution is 6.30. The number of halogens is 1. The van der Waals surface area contributed by atoms with E-state index in [4.69, 9.17) is 11.6 Å². The number of benzene rings is 2. The summed E-state index contributed by atoms with van der Waals surface area (Å²) in [5.74, 6) is -0.0569. The largest absolute Gasteiger partial charge is 0.506 e. The molecule has 3 aromatic rings. The lowest BCUT2D eigenvalue weighted by atomic mass is 10.1. The van der Waals surface area contributed by atoms with Crippen LogP contribution in [0, 0.1) is 0 Å². The number of amides is 2. The number of rotatable bonds is 5. The minimum absolute atomic E-state index is 0.00735. The molecule has 3 N–H and O–H groups in total. The van der Waals surface area contributed by atoms with Gasteiger partial charge in [-0.15, -0.1) is 0 Å². The number of nitrogens with zero attached hydrogens (tertiary/aromatic N) is 3. The monoisotopic (exact) mass is 449 g/mol. The summed E-state index contributed by atoms with van der Waals surface area (Å²) in [5, 5.41) is 16.0. The number of amidine groups is 1. The summed E-state index contributed by atoms with van der Waals surface area (Å²) in [6, 6.07) is 14.5. The van der Waals surface area contributed by atoms with Crippen molar-refractivity contribution in [2.24, 2.45) is 4.99 Å². The molecule has 2 amide bonds. The standard InChI is InChI=1S/C23H20ClN5O3/c1-29-12-11-25-21(29)14-5-7-15(8-6-14)22(31)28-20-17(3-2-4-18(20)30)23(32)27-19-10-9-16(24)13-26-19/h2-10,13,30H,11-12H2,1H3,(H,28,31)(H,26,27,32). The number of aromatic hydroxyl groups is 1. The Labute approximate surface area is 189 Å². The highest BCUT2D eigenvalue weighted by atomic mass is 35.5. The minimum atomic E-state index is -0.538. The van der Waals surface area contributed by atoms with Gasteiger partial charge in [0.2, 0.25) is 0 Å². The summed E-state index contributed by atoms with van der Waals surface area (Å²) in [4.78, 5) is 36.1. The Morgan fingerprint density at radius 2 is 1.81 bits per heavy atom. The van der Waals surface area contributed by atoms with Gasteiger partial charge in [-0.3, -0.25) is 14.6 Å². The Bertz CT molecular complexity index is 1190. The molecule has 0 radical (unpaired) electrons. The summed E-state index contributed by atoms with van der Waals surface area (Å²) in [6.07, 6.45) is 1.40. The first-order valence-corrected chi connectivity index (χ1v) is 10.2. The van der Waals surface area contributed by atoms with Crippen molar-refractivity contribution in [1.29, 1.82) is 0 Å². The van der Waals surface area contributed by atoms with Gasteiger partial charge in [0.15, 0.2) is 0 Å². The molecule has 0 fully saturated rings. The SMILES string of the molecule is CN1CCN=C1c1ccc(C(=O)Nc2c(O)cccc2C(=O)Nc2ccc(Cl)cn2)cc1. The number of anilines is 2. The number of phenols is 1. The van der Waals surface area contributed by atoms with E-state index >= 15 is 0 Å². The molecule has 4 rings (SSSR count). The molecule has 2 aromatic carbocycles. The average Bonchev–Trinajstić information content (AvgIpc) is 3.22. The van der Waals surface area contributed by atoms with Crippen LogP contribution in [0.1, 0.15) is 26.3 Å². The van der Waals surface area contributed by atoms with Crippen molar-refractivity contribution in [3.05, 3.63) is 82.5 Å². The van der Waals surface area contributed by atoms with Crippen LogP contribution >= 0.6 is 11.6 Å². The normalized spacial score (nSPS) is 12.9. The maximum atomic E-state index is 12.8. The summed E-state index contributed by atoms with van der Waals surface area (Å²) in [5.41, 5.74) is 1.39. The van der Waals surface area contributed by atoms with Crippen LogP contribution in [0.15, 0.2) is 65.8 Å². The summed E-state index contributed by atoms with van der Waals surface area (Å²) in [7, 11) is 1.97. The van der Waals surface area contributed by atoms with E-state index in [-0.39, 0.29) is 22.8 Å². The maximum Gasteiger partial charge on any atom is 0.259 e. The van der Waals surface area contributed by atoms with Crippen LogP contribution in [0.2, 0.25) is 5.02 Å². The molecule has 1 aliphatic rings. The fourth-order valence-corrected chi connectivity index (χ4v) is 3.41. The third kappa shape index (κ3) is 4.55. The van der Waals surface area contributed by atoms with Gasteiger partial charge < -0.3 is 20.6 Å². The molecule has 0 saturated carbocycles. The molecule has 162 valence electrons. The second-order valence-electron chi connectivity index (χ2n) is 7.17. The van der Waals surface area contributed by atoms with Gasteiger partial charge in [0.25, 0.3) is 11.8 Å². The molecule has 1 aliphatic heterocycles. The first-order valence-electron chi connectivity index (χ1n) is 9.84. The Hall–Kier alpha value is -3.91. The average molecular weight is 450 g/mol. The topological polar surface area (TPSA) is 107 Å². The number of para-hydroxylation sites is 1. The molecule has 8 nitrogen and oxygen atoms in total. The van der Waals surface area contributed by atoms with Crippen LogP contribution in [-0.4, -0.2) is 52.8 Å². The van der Waals surface area contributed by atoms with E-state index in [1.807, 2.05) is 19.2 Å². The molecule has 1 aromatic heterocycles. The number of nitrogens with one attached hydrogen (secondary N) is 2. The molecular weight excluding hydrogens is 430 g/mol. The zero-order valence-electron chi connectivity index (χ0n) is 17.2. The number of hydrogen-bond acceptors (Lipinski definition) is 6. The van der Waals surface area contributed by atoms with Gasteiger partial charge in [0, 0.05) is 30.9 Å². The molecule has 0 spiro atoms. The lowest BCUT2D eigenvalue weighted by Crippen LogP contribution is -2.23. The predicted octanol–water partition coefficient (Wildman–Crippen LogP) is 3.64. The van der Waals surface area contributed by atoms with E-state index in [1.54, 1.807) is 24.3 Å². The number of carbonyl (C=O) groups is 2. The van der Waals surface area contributed by atoms with E-state index < -0.39 is 11.8 Å². The highest BCUT2D eigenvalue weighted by Crippen LogP contribution is 2.28. The summed E-state index contributed by atoms with van der Waals surface area (Å²) < 4.78 is 0. The minimum Gasteiger partial charge on any atom is -0.506 e.